The van der Waals surface area contributed by atoms with Crippen molar-refractivity contribution in [1.29, 1.82) is 0 Å². The van der Waals surface area contributed by atoms with Crippen LogP contribution < -0.4 is 5.32 Å². The van der Waals surface area contributed by atoms with E-state index in [0.29, 0.717) is 5.56 Å². The predicted octanol–water partition coefficient (Wildman–Crippen LogP) is 2.34. The molecule has 1 amide bonds. The van der Waals surface area contributed by atoms with Gasteiger partial charge in [-0.15, -0.1) is 0 Å². The number of hydrogen-bond acceptors (Lipinski definition) is 4. The number of benzene rings is 1. The number of nitro benzene ring substituents is 1. The third-order valence-electron chi connectivity index (χ3n) is 2.81. The van der Waals surface area contributed by atoms with Crippen molar-refractivity contribution in [3.63, 3.8) is 0 Å². The van der Waals surface area contributed by atoms with E-state index in [1.54, 1.807) is 13.0 Å². The van der Waals surface area contributed by atoms with Gasteiger partial charge in [0.05, 0.1) is 10.3 Å². The first kappa shape index (κ1) is 15.6. The molecule has 1 rings (SSSR count). The van der Waals surface area contributed by atoms with E-state index in [4.69, 9.17) is 5.11 Å². The number of aryl methyl sites for hydroxylation is 1. The Labute approximate surface area is 115 Å². The lowest BCUT2D eigenvalue weighted by Gasteiger charge is -2.18. The first-order valence-electron chi connectivity index (χ1n) is 5.92. The van der Waals surface area contributed by atoms with E-state index in [1.165, 1.54) is 26.0 Å². The maximum Gasteiger partial charge on any atom is 0.309 e. The number of nitrogens with zero attached hydrogens (tertiary/aromatic N) is 1. The van der Waals surface area contributed by atoms with Gasteiger partial charge in [-0.2, -0.15) is 0 Å². The van der Waals surface area contributed by atoms with Gasteiger partial charge in [0.15, 0.2) is 0 Å². The van der Waals surface area contributed by atoms with Crippen molar-refractivity contribution >= 4 is 23.3 Å². The van der Waals surface area contributed by atoms with Crippen molar-refractivity contribution in [3.8, 4) is 0 Å². The topological polar surface area (TPSA) is 110 Å². The summed E-state index contributed by atoms with van der Waals surface area (Å²) in [7, 11) is 0. The van der Waals surface area contributed by atoms with E-state index in [2.05, 4.69) is 5.32 Å². The van der Waals surface area contributed by atoms with E-state index in [-0.39, 0.29) is 17.8 Å². The molecule has 0 aliphatic carbocycles. The first-order chi connectivity index (χ1) is 9.13. The minimum Gasteiger partial charge on any atom is -0.481 e. The minimum atomic E-state index is -1.23. The zero-order valence-corrected chi connectivity index (χ0v) is 11.5. The van der Waals surface area contributed by atoms with Crippen molar-refractivity contribution in [2.24, 2.45) is 5.41 Å². The molecule has 0 fully saturated rings. The second-order valence-corrected chi connectivity index (χ2v) is 5.19. The van der Waals surface area contributed by atoms with Crippen molar-refractivity contribution in [2.45, 2.75) is 27.2 Å². The maximum atomic E-state index is 11.8. The normalized spacial score (nSPS) is 10.9. The number of amides is 1. The van der Waals surface area contributed by atoms with Gasteiger partial charge in [-0.05, 0) is 32.4 Å². The van der Waals surface area contributed by atoms with Crippen LogP contribution in [0.15, 0.2) is 18.2 Å². The fraction of sp³-hybridized carbons (Fsp3) is 0.385. The van der Waals surface area contributed by atoms with Crippen LogP contribution in [-0.4, -0.2) is 21.9 Å². The Balaban J connectivity index is 2.92. The fourth-order valence-electron chi connectivity index (χ4n) is 1.57. The predicted molar refractivity (Wildman–Crippen MR) is 72.5 cm³/mol. The summed E-state index contributed by atoms with van der Waals surface area (Å²) >= 11 is 0. The van der Waals surface area contributed by atoms with Crippen LogP contribution in [0.25, 0.3) is 0 Å². The van der Waals surface area contributed by atoms with Crippen LogP contribution in [0.1, 0.15) is 25.8 Å². The highest BCUT2D eigenvalue weighted by atomic mass is 16.6. The Kier molecular flexibility index (Phi) is 4.44. The van der Waals surface area contributed by atoms with Crippen LogP contribution in [0.5, 0.6) is 0 Å². The van der Waals surface area contributed by atoms with E-state index < -0.39 is 22.2 Å². The highest BCUT2D eigenvalue weighted by molar-refractivity contribution is 5.95. The summed E-state index contributed by atoms with van der Waals surface area (Å²) in [6.45, 7) is 4.53. The zero-order chi connectivity index (χ0) is 15.5. The van der Waals surface area contributed by atoms with E-state index in [1.807, 2.05) is 0 Å². The molecule has 0 saturated heterocycles. The van der Waals surface area contributed by atoms with Gasteiger partial charge in [-0.3, -0.25) is 19.7 Å². The molecule has 7 nitrogen and oxygen atoms in total. The van der Waals surface area contributed by atoms with Gasteiger partial charge >= 0.3 is 5.97 Å². The molecule has 0 aliphatic rings. The second-order valence-electron chi connectivity index (χ2n) is 5.19. The summed E-state index contributed by atoms with van der Waals surface area (Å²) in [6, 6.07) is 4.40. The van der Waals surface area contributed by atoms with Crippen molar-refractivity contribution < 1.29 is 19.6 Å². The quantitative estimate of drug-likeness (QED) is 0.635. The van der Waals surface area contributed by atoms with Crippen LogP contribution in [0.4, 0.5) is 11.4 Å². The average molecular weight is 280 g/mol. The van der Waals surface area contributed by atoms with Gasteiger partial charge in [0, 0.05) is 12.5 Å². The summed E-state index contributed by atoms with van der Waals surface area (Å²) in [5.74, 6) is -1.68. The van der Waals surface area contributed by atoms with Crippen LogP contribution in [0.3, 0.4) is 0 Å². The molecule has 108 valence electrons. The van der Waals surface area contributed by atoms with Crippen molar-refractivity contribution in [3.05, 3.63) is 33.9 Å². The van der Waals surface area contributed by atoms with E-state index in [0.717, 1.165) is 0 Å². The molecule has 1 aromatic carbocycles. The first-order valence-corrected chi connectivity index (χ1v) is 5.92. The minimum absolute atomic E-state index is 0.0618. The third-order valence-corrected chi connectivity index (χ3v) is 2.81. The highest BCUT2D eigenvalue weighted by Gasteiger charge is 2.30. The van der Waals surface area contributed by atoms with Crippen molar-refractivity contribution in [1.82, 2.24) is 0 Å². The number of carboxylic acid groups (broad SMARTS) is 1. The third kappa shape index (κ3) is 3.78. The average Bonchev–Trinajstić information content (AvgIpc) is 2.30. The standard InChI is InChI=1S/C13H16N2O5/c1-8-4-5-9(10(6-8)15(19)20)14-11(16)7-13(2,3)12(17)18/h4-6H,7H2,1-3H3,(H,14,16)(H,17,18). The van der Waals surface area contributed by atoms with Gasteiger partial charge in [0.1, 0.15) is 5.69 Å². The molecule has 0 bridgehead atoms. The van der Waals surface area contributed by atoms with Crippen LogP contribution >= 0.6 is 0 Å². The highest BCUT2D eigenvalue weighted by Crippen LogP contribution is 2.27. The van der Waals surface area contributed by atoms with E-state index >= 15 is 0 Å². The Morgan fingerprint density at radius 1 is 1.40 bits per heavy atom. The lowest BCUT2D eigenvalue weighted by atomic mass is 9.89. The summed E-state index contributed by atoms with van der Waals surface area (Å²) in [5, 5.41) is 22.2. The summed E-state index contributed by atoms with van der Waals surface area (Å²) < 4.78 is 0. The van der Waals surface area contributed by atoms with Crippen LogP contribution in [-0.2, 0) is 9.59 Å². The van der Waals surface area contributed by atoms with Gasteiger partial charge in [0.2, 0.25) is 5.91 Å². The number of hydrogen-bond donors (Lipinski definition) is 2. The molecule has 0 atom stereocenters. The molecule has 0 saturated carbocycles. The summed E-state index contributed by atoms with van der Waals surface area (Å²) in [4.78, 5) is 33.1. The molecular weight excluding hydrogens is 264 g/mol. The molecule has 0 spiro atoms. The number of carbonyl (C=O) groups excluding carboxylic acids is 1. The molecular formula is C13H16N2O5. The van der Waals surface area contributed by atoms with Gasteiger partial charge in [-0.25, -0.2) is 0 Å². The molecule has 1 aromatic rings. The largest absolute Gasteiger partial charge is 0.481 e. The Morgan fingerprint density at radius 3 is 2.50 bits per heavy atom. The monoisotopic (exact) mass is 280 g/mol. The Hall–Kier alpha value is -2.44. The molecule has 2 N–H and O–H groups in total. The number of rotatable bonds is 5. The number of nitrogens with one attached hydrogen (secondary N) is 1. The van der Waals surface area contributed by atoms with Crippen molar-refractivity contribution in [2.75, 3.05) is 5.32 Å². The maximum absolute atomic E-state index is 11.8. The molecule has 0 aromatic heterocycles. The number of nitro groups is 1. The van der Waals surface area contributed by atoms with Crippen LogP contribution in [0, 0.1) is 22.5 Å². The lowest BCUT2D eigenvalue weighted by molar-refractivity contribution is -0.384. The zero-order valence-electron chi connectivity index (χ0n) is 11.5. The molecule has 0 aliphatic heterocycles. The number of aliphatic carboxylic acids is 1. The SMILES string of the molecule is Cc1ccc(NC(=O)CC(C)(C)C(=O)O)c([N+](=O)[O-])c1. The number of carboxylic acids is 1. The summed E-state index contributed by atoms with van der Waals surface area (Å²) in [6.07, 6.45) is -0.270. The number of carbonyl (C=O) groups is 2. The smallest absolute Gasteiger partial charge is 0.309 e. The lowest BCUT2D eigenvalue weighted by Crippen LogP contribution is -2.29. The molecule has 0 radical (unpaired) electrons. The van der Waals surface area contributed by atoms with Crippen LogP contribution in [0.2, 0.25) is 0 Å². The van der Waals surface area contributed by atoms with E-state index in [9.17, 15) is 19.7 Å². The molecule has 0 unspecified atom stereocenters. The fourth-order valence-corrected chi connectivity index (χ4v) is 1.57. The molecule has 20 heavy (non-hydrogen) atoms. The Bertz CT molecular complexity index is 566. The Morgan fingerprint density at radius 2 is 2.00 bits per heavy atom. The second kappa shape index (κ2) is 5.68. The van der Waals surface area contributed by atoms with Gasteiger partial charge in [-0.1, -0.05) is 6.07 Å². The summed E-state index contributed by atoms with van der Waals surface area (Å²) in [5.41, 5.74) is -0.692. The molecule has 0 heterocycles. The van der Waals surface area contributed by atoms with Gasteiger partial charge < -0.3 is 10.4 Å². The number of anilines is 1. The van der Waals surface area contributed by atoms with Gasteiger partial charge in [0.25, 0.3) is 5.69 Å². The molecule has 7 heteroatoms.